The molecule has 2 aliphatic heterocycles. The van der Waals surface area contributed by atoms with E-state index in [1.54, 1.807) is 6.20 Å². The van der Waals surface area contributed by atoms with Gasteiger partial charge in [0.2, 0.25) is 5.28 Å². The fourth-order valence-electron chi connectivity index (χ4n) is 4.06. The van der Waals surface area contributed by atoms with Crippen molar-refractivity contribution in [3.8, 4) is 5.69 Å². The van der Waals surface area contributed by atoms with Gasteiger partial charge >= 0.3 is 6.18 Å². The minimum atomic E-state index is -4.45. The first-order valence-corrected chi connectivity index (χ1v) is 9.79. The number of likely N-dealkylation sites (tertiary alicyclic amines) is 1. The molecule has 158 valence electrons. The summed E-state index contributed by atoms with van der Waals surface area (Å²) in [6.07, 6.45) is -2.91. The lowest BCUT2D eigenvalue weighted by molar-refractivity contribution is -0.137. The normalized spacial score (nSPS) is 19.7. The third-order valence-corrected chi connectivity index (χ3v) is 5.73. The van der Waals surface area contributed by atoms with E-state index in [0.717, 1.165) is 12.1 Å². The molecule has 4 heterocycles. The molecule has 0 atom stereocenters. The minimum Gasteiger partial charge on any atom is -0.388 e. The molecular formula is C19H18ClF3N6O. The molecule has 0 bridgehead atoms. The summed E-state index contributed by atoms with van der Waals surface area (Å²) in [5.74, 6) is 0.603. The fraction of sp³-hybridized carbons (Fsp3) is 0.421. The van der Waals surface area contributed by atoms with Crippen LogP contribution >= 0.6 is 11.6 Å². The van der Waals surface area contributed by atoms with E-state index >= 15 is 0 Å². The second-order valence-corrected chi connectivity index (χ2v) is 8.46. The van der Waals surface area contributed by atoms with Crippen LogP contribution in [-0.4, -0.2) is 67.6 Å². The SMILES string of the molecule is CC1(O)CN(C2CN(c3nc(Cl)nc4c3cnn4-c3cccc(C(F)(F)F)c3)C2)C1. The molecule has 0 spiro atoms. The van der Waals surface area contributed by atoms with Crippen molar-refractivity contribution in [2.45, 2.75) is 24.7 Å². The number of β-amino-alcohol motifs (C(OH)–C–C–N with tert-alkyl or cyclic N) is 1. The smallest absolute Gasteiger partial charge is 0.388 e. The van der Waals surface area contributed by atoms with Crippen molar-refractivity contribution >= 4 is 28.5 Å². The molecule has 2 fully saturated rings. The van der Waals surface area contributed by atoms with E-state index in [9.17, 15) is 18.3 Å². The maximum Gasteiger partial charge on any atom is 0.416 e. The van der Waals surface area contributed by atoms with Crippen LogP contribution in [0.25, 0.3) is 16.7 Å². The fourth-order valence-corrected chi connectivity index (χ4v) is 4.22. The third-order valence-electron chi connectivity index (χ3n) is 5.56. The van der Waals surface area contributed by atoms with Crippen LogP contribution in [-0.2, 0) is 6.18 Å². The van der Waals surface area contributed by atoms with Gasteiger partial charge in [0.05, 0.1) is 28.4 Å². The van der Waals surface area contributed by atoms with Gasteiger partial charge in [0, 0.05) is 32.2 Å². The summed E-state index contributed by atoms with van der Waals surface area (Å²) < 4.78 is 40.6. The number of aliphatic hydroxyl groups is 1. The largest absolute Gasteiger partial charge is 0.416 e. The van der Waals surface area contributed by atoms with Crippen LogP contribution in [0.4, 0.5) is 19.0 Å². The van der Waals surface area contributed by atoms with Crippen LogP contribution in [0.2, 0.25) is 5.28 Å². The Kier molecular flexibility index (Phi) is 4.25. The number of fused-ring (bicyclic) bond motifs is 1. The summed E-state index contributed by atoms with van der Waals surface area (Å²) in [6.45, 7) is 4.52. The molecule has 2 aliphatic rings. The summed E-state index contributed by atoms with van der Waals surface area (Å²) in [4.78, 5) is 12.8. The highest BCUT2D eigenvalue weighted by atomic mass is 35.5. The van der Waals surface area contributed by atoms with Crippen molar-refractivity contribution in [2.24, 2.45) is 0 Å². The molecular weight excluding hydrogens is 421 g/mol. The van der Waals surface area contributed by atoms with Crippen LogP contribution in [0.5, 0.6) is 0 Å². The number of aromatic nitrogens is 4. The van der Waals surface area contributed by atoms with Crippen molar-refractivity contribution < 1.29 is 18.3 Å². The molecule has 5 rings (SSSR count). The van der Waals surface area contributed by atoms with E-state index in [-0.39, 0.29) is 11.0 Å². The van der Waals surface area contributed by atoms with E-state index < -0.39 is 17.3 Å². The Labute approximate surface area is 174 Å². The van der Waals surface area contributed by atoms with Crippen LogP contribution in [0.1, 0.15) is 12.5 Å². The average Bonchev–Trinajstić information content (AvgIpc) is 3.02. The molecule has 0 saturated carbocycles. The monoisotopic (exact) mass is 438 g/mol. The number of halogens is 4. The lowest BCUT2D eigenvalue weighted by atomic mass is 9.92. The molecule has 30 heavy (non-hydrogen) atoms. The lowest BCUT2D eigenvalue weighted by Crippen LogP contribution is -2.70. The minimum absolute atomic E-state index is 0.00144. The zero-order chi connectivity index (χ0) is 21.3. The third kappa shape index (κ3) is 3.28. The van der Waals surface area contributed by atoms with Gasteiger partial charge < -0.3 is 10.0 Å². The van der Waals surface area contributed by atoms with E-state index in [0.29, 0.717) is 49.1 Å². The first-order chi connectivity index (χ1) is 14.1. The molecule has 0 aliphatic carbocycles. The summed E-state index contributed by atoms with van der Waals surface area (Å²) in [5.41, 5.74) is -0.803. The Hall–Kier alpha value is -2.43. The standard InChI is InChI=1S/C19H18ClF3N6O/c1-18(30)9-28(10-18)13-7-27(8-13)15-14-6-24-29(16(14)26-17(20)25-15)12-4-2-3-11(5-12)19(21,22)23/h2-6,13,30H,7-10H2,1H3. The van der Waals surface area contributed by atoms with Crippen molar-refractivity contribution in [2.75, 3.05) is 31.1 Å². The number of anilines is 1. The Bertz CT molecular complexity index is 1120. The highest BCUT2D eigenvalue weighted by Gasteiger charge is 2.44. The Balaban J connectivity index is 1.45. The predicted molar refractivity (Wildman–Crippen MR) is 105 cm³/mol. The summed E-state index contributed by atoms with van der Waals surface area (Å²) in [7, 11) is 0. The molecule has 7 nitrogen and oxygen atoms in total. The van der Waals surface area contributed by atoms with E-state index in [4.69, 9.17) is 11.6 Å². The molecule has 1 aromatic carbocycles. The van der Waals surface area contributed by atoms with E-state index in [2.05, 4.69) is 20.0 Å². The first-order valence-electron chi connectivity index (χ1n) is 9.41. The quantitative estimate of drug-likeness (QED) is 0.634. The topological polar surface area (TPSA) is 70.3 Å². The Morgan fingerprint density at radius 2 is 1.93 bits per heavy atom. The van der Waals surface area contributed by atoms with Crippen molar-refractivity contribution in [1.82, 2.24) is 24.6 Å². The second kappa shape index (κ2) is 6.53. The van der Waals surface area contributed by atoms with E-state index in [1.165, 1.54) is 16.8 Å². The van der Waals surface area contributed by atoms with Gasteiger partial charge in [0.25, 0.3) is 0 Å². The molecule has 0 unspecified atom stereocenters. The van der Waals surface area contributed by atoms with E-state index in [1.807, 2.05) is 11.8 Å². The van der Waals surface area contributed by atoms with Gasteiger partial charge in [-0.05, 0) is 36.7 Å². The molecule has 2 saturated heterocycles. The van der Waals surface area contributed by atoms with Gasteiger partial charge in [-0.1, -0.05) is 6.07 Å². The van der Waals surface area contributed by atoms with Gasteiger partial charge in [-0.25, -0.2) is 4.68 Å². The molecule has 11 heteroatoms. The molecule has 2 aromatic heterocycles. The van der Waals surface area contributed by atoms with Crippen LogP contribution in [0.15, 0.2) is 30.5 Å². The highest BCUT2D eigenvalue weighted by molar-refractivity contribution is 6.28. The zero-order valence-electron chi connectivity index (χ0n) is 15.9. The zero-order valence-corrected chi connectivity index (χ0v) is 16.7. The maximum atomic E-state index is 13.1. The number of hydrogen-bond acceptors (Lipinski definition) is 6. The number of rotatable bonds is 3. The summed E-state index contributed by atoms with van der Waals surface area (Å²) in [5, 5.41) is 14.8. The van der Waals surface area contributed by atoms with Crippen molar-refractivity contribution in [3.05, 3.63) is 41.3 Å². The molecule has 0 amide bonds. The lowest BCUT2D eigenvalue weighted by Gasteiger charge is -2.54. The van der Waals surface area contributed by atoms with Crippen LogP contribution in [0, 0.1) is 0 Å². The molecule has 3 aromatic rings. The van der Waals surface area contributed by atoms with Crippen molar-refractivity contribution in [1.29, 1.82) is 0 Å². The van der Waals surface area contributed by atoms with Gasteiger partial charge in [-0.15, -0.1) is 0 Å². The van der Waals surface area contributed by atoms with Gasteiger partial charge in [0.15, 0.2) is 5.65 Å². The Morgan fingerprint density at radius 3 is 2.60 bits per heavy atom. The summed E-state index contributed by atoms with van der Waals surface area (Å²) in [6, 6.07) is 5.21. The maximum absolute atomic E-state index is 13.1. The van der Waals surface area contributed by atoms with Gasteiger partial charge in [0.1, 0.15) is 5.82 Å². The van der Waals surface area contributed by atoms with Crippen LogP contribution < -0.4 is 4.90 Å². The van der Waals surface area contributed by atoms with Crippen LogP contribution in [0.3, 0.4) is 0 Å². The van der Waals surface area contributed by atoms with Gasteiger partial charge in [-0.3, -0.25) is 4.90 Å². The number of benzene rings is 1. The second-order valence-electron chi connectivity index (χ2n) is 8.12. The number of alkyl halides is 3. The highest BCUT2D eigenvalue weighted by Crippen LogP contribution is 2.34. The summed E-state index contributed by atoms with van der Waals surface area (Å²) >= 11 is 6.13. The molecule has 1 N–H and O–H groups in total. The van der Waals surface area contributed by atoms with Crippen molar-refractivity contribution in [3.63, 3.8) is 0 Å². The Morgan fingerprint density at radius 1 is 1.20 bits per heavy atom. The number of hydrogen-bond donors (Lipinski definition) is 1. The predicted octanol–water partition coefficient (Wildman–Crippen LogP) is 2.74. The average molecular weight is 439 g/mol. The molecule has 0 radical (unpaired) electrons. The van der Waals surface area contributed by atoms with Gasteiger partial charge in [-0.2, -0.15) is 28.2 Å². The first kappa shape index (κ1) is 19.5. The number of nitrogens with zero attached hydrogens (tertiary/aromatic N) is 6.